The number of ether oxygens (including phenoxy) is 1. The van der Waals surface area contributed by atoms with Crippen molar-refractivity contribution in [1.29, 1.82) is 0 Å². The SMILES string of the molecule is CCC[C@@H](N)C(=O)N[C@@H](C)c1cccc(OC)c1. The lowest BCUT2D eigenvalue weighted by molar-refractivity contribution is -0.123. The first-order chi connectivity index (χ1) is 8.58. The molecule has 1 amide bonds. The quantitative estimate of drug-likeness (QED) is 0.811. The van der Waals surface area contributed by atoms with Gasteiger partial charge in [-0.25, -0.2) is 0 Å². The number of nitrogens with two attached hydrogens (primary N) is 1. The van der Waals surface area contributed by atoms with Crippen LogP contribution in [0.15, 0.2) is 24.3 Å². The molecular formula is C14H22N2O2. The van der Waals surface area contributed by atoms with E-state index in [-0.39, 0.29) is 11.9 Å². The molecule has 2 atom stereocenters. The second kappa shape index (κ2) is 7.01. The van der Waals surface area contributed by atoms with E-state index in [0.717, 1.165) is 17.7 Å². The van der Waals surface area contributed by atoms with Crippen LogP contribution in [0.2, 0.25) is 0 Å². The highest BCUT2D eigenvalue weighted by molar-refractivity contribution is 5.81. The number of carbonyl (C=O) groups excluding carboxylic acids is 1. The minimum Gasteiger partial charge on any atom is -0.497 e. The Kier molecular flexibility index (Phi) is 5.65. The number of carbonyl (C=O) groups is 1. The summed E-state index contributed by atoms with van der Waals surface area (Å²) in [7, 11) is 1.62. The molecule has 0 saturated heterocycles. The molecule has 1 aromatic rings. The number of benzene rings is 1. The smallest absolute Gasteiger partial charge is 0.237 e. The molecule has 0 radical (unpaired) electrons. The molecule has 0 spiro atoms. The Morgan fingerprint density at radius 1 is 1.50 bits per heavy atom. The van der Waals surface area contributed by atoms with Crippen LogP contribution in [0.3, 0.4) is 0 Å². The molecule has 0 aliphatic rings. The Morgan fingerprint density at radius 3 is 2.83 bits per heavy atom. The summed E-state index contributed by atoms with van der Waals surface area (Å²) < 4.78 is 5.16. The van der Waals surface area contributed by atoms with Gasteiger partial charge in [-0.15, -0.1) is 0 Å². The molecule has 0 aliphatic carbocycles. The van der Waals surface area contributed by atoms with Crippen LogP contribution in [0.4, 0.5) is 0 Å². The maximum atomic E-state index is 11.8. The van der Waals surface area contributed by atoms with Gasteiger partial charge in [0, 0.05) is 0 Å². The van der Waals surface area contributed by atoms with Crippen LogP contribution in [0, 0.1) is 0 Å². The van der Waals surface area contributed by atoms with Gasteiger partial charge < -0.3 is 15.8 Å². The molecule has 1 aromatic carbocycles. The molecule has 4 heteroatoms. The van der Waals surface area contributed by atoms with Crippen LogP contribution < -0.4 is 15.8 Å². The molecule has 18 heavy (non-hydrogen) atoms. The maximum absolute atomic E-state index is 11.8. The van der Waals surface area contributed by atoms with Gasteiger partial charge in [0.25, 0.3) is 0 Å². The molecule has 0 aromatic heterocycles. The maximum Gasteiger partial charge on any atom is 0.237 e. The zero-order chi connectivity index (χ0) is 13.5. The monoisotopic (exact) mass is 250 g/mol. The predicted molar refractivity (Wildman–Crippen MR) is 72.4 cm³/mol. The van der Waals surface area contributed by atoms with E-state index in [1.807, 2.05) is 38.1 Å². The van der Waals surface area contributed by atoms with Gasteiger partial charge in [0.15, 0.2) is 0 Å². The van der Waals surface area contributed by atoms with E-state index < -0.39 is 6.04 Å². The van der Waals surface area contributed by atoms with Crippen molar-refractivity contribution in [2.75, 3.05) is 7.11 Å². The van der Waals surface area contributed by atoms with Gasteiger partial charge in [0.1, 0.15) is 5.75 Å². The summed E-state index contributed by atoms with van der Waals surface area (Å²) in [6.07, 6.45) is 1.61. The molecule has 0 aliphatic heterocycles. The largest absolute Gasteiger partial charge is 0.497 e. The average Bonchev–Trinajstić information content (AvgIpc) is 2.39. The van der Waals surface area contributed by atoms with Gasteiger partial charge in [-0.05, 0) is 31.0 Å². The van der Waals surface area contributed by atoms with Crippen LogP contribution in [-0.2, 0) is 4.79 Å². The Labute approximate surface area is 109 Å². The molecule has 4 nitrogen and oxygen atoms in total. The average molecular weight is 250 g/mol. The normalized spacial score (nSPS) is 13.8. The fraction of sp³-hybridized carbons (Fsp3) is 0.500. The first-order valence-electron chi connectivity index (χ1n) is 6.28. The molecule has 3 N–H and O–H groups in total. The van der Waals surface area contributed by atoms with Crippen LogP contribution >= 0.6 is 0 Å². The van der Waals surface area contributed by atoms with Gasteiger partial charge in [-0.2, -0.15) is 0 Å². The van der Waals surface area contributed by atoms with E-state index in [2.05, 4.69) is 5.32 Å². The molecule has 100 valence electrons. The zero-order valence-corrected chi connectivity index (χ0v) is 11.3. The molecule has 0 bridgehead atoms. The number of hydrogen-bond donors (Lipinski definition) is 2. The van der Waals surface area contributed by atoms with Gasteiger partial charge >= 0.3 is 0 Å². The predicted octanol–water partition coefficient (Wildman–Crippen LogP) is 2.00. The summed E-state index contributed by atoms with van der Waals surface area (Å²) in [5.74, 6) is 0.679. The highest BCUT2D eigenvalue weighted by Gasteiger charge is 2.15. The summed E-state index contributed by atoms with van der Waals surface area (Å²) in [4.78, 5) is 11.8. The van der Waals surface area contributed by atoms with Gasteiger partial charge in [-0.1, -0.05) is 25.5 Å². The molecule has 0 saturated carbocycles. The first kappa shape index (κ1) is 14.5. The van der Waals surface area contributed by atoms with E-state index >= 15 is 0 Å². The van der Waals surface area contributed by atoms with Crippen LogP contribution in [0.1, 0.15) is 38.3 Å². The van der Waals surface area contributed by atoms with Crippen molar-refractivity contribution < 1.29 is 9.53 Å². The second-order valence-corrected chi connectivity index (χ2v) is 4.40. The lowest BCUT2D eigenvalue weighted by Gasteiger charge is -2.18. The van der Waals surface area contributed by atoms with Crippen molar-refractivity contribution in [2.45, 2.75) is 38.8 Å². The zero-order valence-electron chi connectivity index (χ0n) is 11.3. The van der Waals surface area contributed by atoms with Crippen molar-refractivity contribution in [1.82, 2.24) is 5.32 Å². The number of amides is 1. The molecule has 0 heterocycles. The van der Waals surface area contributed by atoms with E-state index in [1.54, 1.807) is 7.11 Å². The highest BCUT2D eigenvalue weighted by atomic mass is 16.5. The summed E-state index contributed by atoms with van der Waals surface area (Å²) >= 11 is 0. The third-order valence-electron chi connectivity index (χ3n) is 2.89. The fourth-order valence-corrected chi connectivity index (χ4v) is 1.76. The van der Waals surface area contributed by atoms with Crippen molar-refractivity contribution in [3.63, 3.8) is 0 Å². The van der Waals surface area contributed by atoms with E-state index in [9.17, 15) is 4.79 Å². The second-order valence-electron chi connectivity index (χ2n) is 4.40. The summed E-state index contributed by atoms with van der Waals surface area (Å²) in [5.41, 5.74) is 6.78. The van der Waals surface area contributed by atoms with E-state index in [1.165, 1.54) is 0 Å². The van der Waals surface area contributed by atoms with Crippen molar-refractivity contribution >= 4 is 5.91 Å². The molecule has 1 rings (SSSR count). The van der Waals surface area contributed by atoms with Crippen LogP contribution in [0.25, 0.3) is 0 Å². The lowest BCUT2D eigenvalue weighted by atomic mass is 10.1. The molecule has 0 unspecified atom stereocenters. The van der Waals surface area contributed by atoms with Gasteiger partial charge in [0.05, 0.1) is 19.2 Å². The third kappa shape index (κ3) is 4.04. The summed E-state index contributed by atoms with van der Waals surface area (Å²) in [5, 5.41) is 2.91. The first-order valence-corrected chi connectivity index (χ1v) is 6.28. The molecule has 0 fully saturated rings. The van der Waals surface area contributed by atoms with Gasteiger partial charge in [-0.3, -0.25) is 4.79 Å². The Bertz CT molecular complexity index is 393. The number of rotatable bonds is 6. The highest BCUT2D eigenvalue weighted by Crippen LogP contribution is 2.18. The standard InChI is InChI=1S/C14H22N2O2/c1-4-6-13(15)14(17)16-10(2)11-7-5-8-12(9-11)18-3/h5,7-10,13H,4,6,15H2,1-3H3,(H,16,17)/t10-,13+/m0/s1. The van der Waals surface area contributed by atoms with Crippen molar-refractivity contribution in [3.05, 3.63) is 29.8 Å². The Morgan fingerprint density at radius 2 is 2.22 bits per heavy atom. The van der Waals surface area contributed by atoms with E-state index in [0.29, 0.717) is 6.42 Å². The van der Waals surface area contributed by atoms with Crippen molar-refractivity contribution in [2.24, 2.45) is 5.73 Å². The summed E-state index contributed by atoms with van der Waals surface area (Å²) in [6.45, 7) is 3.95. The lowest BCUT2D eigenvalue weighted by Crippen LogP contribution is -2.41. The summed E-state index contributed by atoms with van der Waals surface area (Å²) in [6, 6.07) is 7.15. The minimum absolute atomic E-state index is 0.0736. The number of methoxy groups -OCH3 is 1. The number of nitrogens with one attached hydrogen (secondary N) is 1. The molecular weight excluding hydrogens is 228 g/mol. The minimum atomic E-state index is -0.428. The Balaban J connectivity index is 2.64. The number of hydrogen-bond acceptors (Lipinski definition) is 3. The Hall–Kier alpha value is -1.55. The fourth-order valence-electron chi connectivity index (χ4n) is 1.76. The topological polar surface area (TPSA) is 64.4 Å². The van der Waals surface area contributed by atoms with Crippen molar-refractivity contribution in [3.8, 4) is 5.75 Å². The van der Waals surface area contributed by atoms with Crippen LogP contribution in [-0.4, -0.2) is 19.1 Å². The van der Waals surface area contributed by atoms with Gasteiger partial charge in [0.2, 0.25) is 5.91 Å². The van der Waals surface area contributed by atoms with E-state index in [4.69, 9.17) is 10.5 Å². The third-order valence-corrected chi connectivity index (χ3v) is 2.89. The van der Waals surface area contributed by atoms with Crippen LogP contribution in [0.5, 0.6) is 5.75 Å².